The van der Waals surface area contributed by atoms with Gasteiger partial charge in [0.25, 0.3) is 0 Å². The highest BCUT2D eigenvalue weighted by molar-refractivity contribution is 5.74. The van der Waals surface area contributed by atoms with E-state index in [4.69, 9.17) is 9.68 Å². The standard InChI is InChI=1S/C18H21N3O3/c1-12-4-9-16(24-12)18(3,23)11-20-17(22)21-13(2)15-7-5-14(10-19)6-8-15/h4-9,13,23H,11H2,1-3H3,(H2,20,21,22). The number of furan rings is 1. The summed E-state index contributed by atoms with van der Waals surface area (Å²) in [6, 6.07) is 11.9. The first-order valence-corrected chi connectivity index (χ1v) is 7.65. The average Bonchev–Trinajstić information content (AvgIpc) is 3.00. The molecule has 3 N–H and O–H groups in total. The molecule has 1 aromatic carbocycles. The van der Waals surface area contributed by atoms with E-state index in [1.807, 2.05) is 6.92 Å². The second kappa shape index (κ2) is 7.20. The first-order chi connectivity index (χ1) is 11.3. The van der Waals surface area contributed by atoms with Crippen molar-refractivity contribution in [2.24, 2.45) is 0 Å². The Balaban J connectivity index is 1.89. The summed E-state index contributed by atoms with van der Waals surface area (Å²) in [5.41, 5.74) is 0.168. The minimum Gasteiger partial charge on any atom is -0.463 e. The molecule has 0 radical (unpaired) electrons. The molecule has 24 heavy (non-hydrogen) atoms. The third kappa shape index (κ3) is 4.37. The van der Waals surface area contributed by atoms with E-state index in [1.165, 1.54) is 0 Å². The van der Waals surface area contributed by atoms with E-state index >= 15 is 0 Å². The van der Waals surface area contributed by atoms with E-state index in [9.17, 15) is 9.90 Å². The molecule has 6 heteroatoms. The third-order valence-electron chi connectivity index (χ3n) is 3.75. The predicted octanol–water partition coefficient (Wildman–Crippen LogP) is 2.73. The summed E-state index contributed by atoms with van der Waals surface area (Å²) in [5.74, 6) is 1.10. The number of benzene rings is 1. The molecular formula is C18H21N3O3. The van der Waals surface area contributed by atoms with Gasteiger partial charge in [-0.3, -0.25) is 0 Å². The number of hydrogen-bond donors (Lipinski definition) is 3. The van der Waals surface area contributed by atoms with E-state index in [1.54, 1.807) is 50.2 Å². The molecule has 2 unspecified atom stereocenters. The van der Waals surface area contributed by atoms with Gasteiger partial charge in [0.1, 0.15) is 17.1 Å². The largest absolute Gasteiger partial charge is 0.463 e. The van der Waals surface area contributed by atoms with Crippen LogP contribution in [0, 0.1) is 18.3 Å². The third-order valence-corrected chi connectivity index (χ3v) is 3.75. The van der Waals surface area contributed by atoms with Crippen LogP contribution in [-0.4, -0.2) is 17.7 Å². The van der Waals surface area contributed by atoms with Gasteiger partial charge in [0.15, 0.2) is 0 Å². The maximum absolute atomic E-state index is 12.0. The number of nitrogens with one attached hydrogen (secondary N) is 2. The molecule has 126 valence electrons. The van der Waals surface area contributed by atoms with Crippen LogP contribution in [0.25, 0.3) is 0 Å². The van der Waals surface area contributed by atoms with Gasteiger partial charge < -0.3 is 20.2 Å². The number of carbonyl (C=O) groups is 1. The molecule has 0 aliphatic carbocycles. The van der Waals surface area contributed by atoms with Crippen LogP contribution in [0.1, 0.15) is 42.5 Å². The fraction of sp³-hybridized carbons (Fsp3) is 0.333. The van der Waals surface area contributed by atoms with Crippen molar-refractivity contribution in [3.05, 3.63) is 59.0 Å². The molecule has 0 saturated carbocycles. The summed E-state index contributed by atoms with van der Waals surface area (Å²) in [6.45, 7) is 5.23. The zero-order valence-corrected chi connectivity index (χ0v) is 14.0. The van der Waals surface area contributed by atoms with Gasteiger partial charge in [-0.05, 0) is 50.6 Å². The molecule has 2 amide bonds. The van der Waals surface area contributed by atoms with Crippen LogP contribution < -0.4 is 10.6 Å². The predicted molar refractivity (Wildman–Crippen MR) is 89.1 cm³/mol. The van der Waals surface area contributed by atoms with Gasteiger partial charge in [-0.25, -0.2) is 4.79 Å². The fourth-order valence-electron chi connectivity index (χ4n) is 2.24. The molecule has 1 heterocycles. The van der Waals surface area contributed by atoms with Crippen LogP contribution in [0.3, 0.4) is 0 Å². The Hall–Kier alpha value is -2.78. The van der Waals surface area contributed by atoms with Crippen LogP contribution in [0.2, 0.25) is 0 Å². The smallest absolute Gasteiger partial charge is 0.315 e. The molecule has 2 rings (SSSR count). The van der Waals surface area contributed by atoms with Gasteiger partial charge in [-0.1, -0.05) is 12.1 Å². The Morgan fingerprint density at radius 1 is 1.33 bits per heavy atom. The maximum atomic E-state index is 12.0. The molecule has 0 fully saturated rings. The average molecular weight is 327 g/mol. The summed E-state index contributed by atoms with van der Waals surface area (Å²) >= 11 is 0. The number of aliphatic hydroxyl groups is 1. The molecule has 0 aliphatic heterocycles. The Labute approximate surface area is 141 Å². The maximum Gasteiger partial charge on any atom is 0.315 e. The lowest BCUT2D eigenvalue weighted by Crippen LogP contribution is -2.44. The zero-order valence-electron chi connectivity index (χ0n) is 14.0. The van der Waals surface area contributed by atoms with Crippen molar-refractivity contribution in [3.8, 4) is 6.07 Å². The number of nitrogens with zero attached hydrogens (tertiary/aromatic N) is 1. The molecule has 0 saturated heterocycles. The van der Waals surface area contributed by atoms with Crippen molar-refractivity contribution < 1.29 is 14.3 Å². The molecule has 0 aliphatic rings. The second-order valence-electron chi connectivity index (χ2n) is 5.97. The molecule has 1 aromatic heterocycles. The number of carbonyl (C=O) groups excluding carboxylic acids is 1. The first-order valence-electron chi connectivity index (χ1n) is 7.65. The van der Waals surface area contributed by atoms with Crippen molar-refractivity contribution in [3.63, 3.8) is 0 Å². The zero-order chi connectivity index (χ0) is 17.7. The summed E-state index contributed by atoms with van der Waals surface area (Å²) in [4.78, 5) is 12.0. The van der Waals surface area contributed by atoms with Crippen LogP contribution >= 0.6 is 0 Å². The Bertz CT molecular complexity index is 742. The molecule has 0 bridgehead atoms. The lowest BCUT2D eigenvalue weighted by atomic mass is 10.0. The molecule has 2 atom stereocenters. The molecule has 6 nitrogen and oxygen atoms in total. The molecule has 2 aromatic rings. The lowest BCUT2D eigenvalue weighted by molar-refractivity contribution is 0.0359. The number of nitriles is 1. The highest BCUT2D eigenvalue weighted by atomic mass is 16.4. The SMILES string of the molecule is Cc1ccc(C(C)(O)CNC(=O)NC(C)c2ccc(C#N)cc2)o1. The Morgan fingerprint density at radius 2 is 2.00 bits per heavy atom. The van der Waals surface area contributed by atoms with Crippen molar-refractivity contribution in [2.75, 3.05) is 6.54 Å². The number of urea groups is 1. The van der Waals surface area contributed by atoms with E-state index in [-0.39, 0.29) is 12.6 Å². The minimum absolute atomic E-state index is 0.0197. The first kappa shape index (κ1) is 17.6. The number of amides is 2. The summed E-state index contributed by atoms with van der Waals surface area (Å²) < 4.78 is 5.40. The monoisotopic (exact) mass is 327 g/mol. The summed E-state index contributed by atoms with van der Waals surface area (Å²) in [7, 11) is 0. The number of rotatable bonds is 5. The van der Waals surface area contributed by atoms with Gasteiger partial charge in [-0.15, -0.1) is 0 Å². The molecular weight excluding hydrogens is 306 g/mol. The Kier molecular flexibility index (Phi) is 5.27. The highest BCUT2D eigenvalue weighted by Gasteiger charge is 2.27. The van der Waals surface area contributed by atoms with E-state index in [2.05, 4.69) is 16.7 Å². The highest BCUT2D eigenvalue weighted by Crippen LogP contribution is 2.22. The fourth-order valence-corrected chi connectivity index (χ4v) is 2.24. The van der Waals surface area contributed by atoms with Gasteiger partial charge in [0.2, 0.25) is 0 Å². The number of hydrogen-bond acceptors (Lipinski definition) is 4. The Morgan fingerprint density at radius 3 is 2.54 bits per heavy atom. The van der Waals surface area contributed by atoms with Gasteiger partial charge in [0.05, 0.1) is 24.2 Å². The quantitative estimate of drug-likeness (QED) is 0.786. The van der Waals surface area contributed by atoms with Crippen LogP contribution in [0.5, 0.6) is 0 Å². The van der Waals surface area contributed by atoms with Crippen molar-refractivity contribution in [2.45, 2.75) is 32.4 Å². The van der Waals surface area contributed by atoms with E-state index < -0.39 is 11.6 Å². The van der Waals surface area contributed by atoms with Crippen LogP contribution in [-0.2, 0) is 5.60 Å². The summed E-state index contributed by atoms with van der Waals surface area (Å²) in [5, 5.41) is 24.6. The van der Waals surface area contributed by atoms with Crippen molar-refractivity contribution in [1.82, 2.24) is 10.6 Å². The molecule has 0 spiro atoms. The van der Waals surface area contributed by atoms with Crippen LogP contribution in [0.4, 0.5) is 4.79 Å². The van der Waals surface area contributed by atoms with Crippen LogP contribution in [0.15, 0.2) is 40.8 Å². The second-order valence-corrected chi connectivity index (χ2v) is 5.97. The number of aryl methyl sites for hydroxylation is 1. The van der Waals surface area contributed by atoms with Gasteiger partial charge in [0, 0.05) is 0 Å². The van der Waals surface area contributed by atoms with Crippen molar-refractivity contribution in [1.29, 1.82) is 5.26 Å². The topological polar surface area (TPSA) is 98.3 Å². The lowest BCUT2D eigenvalue weighted by Gasteiger charge is -2.22. The van der Waals surface area contributed by atoms with Gasteiger partial charge >= 0.3 is 6.03 Å². The van der Waals surface area contributed by atoms with Crippen molar-refractivity contribution >= 4 is 6.03 Å². The van der Waals surface area contributed by atoms with Gasteiger partial charge in [-0.2, -0.15) is 5.26 Å². The van der Waals surface area contributed by atoms with E-state index in [0.717, 1.165) is 5.56 Å². The van der Waals surface area contributed by atoms with E-state index in [0.29, 0.717) is 17.1 Å². The minimum atomic E-state index is -1.29. The normalized spacial score (nSPS) is 14.3. The summed E-state index contributed by atoms with van der Waals surface area (Å²) in [6.07, 6.45) is 0.